The first-order valence-electron chi connectivity index (χ1n) is 19.9. The maximum Gasteiger partial charge on any atom is 0.187 e. The topological polar surface area (TPSA) is 10.8 Å². The summed E-state index contributed by atoms with van der Waals surface area (Å²) in [5.74, 6) is 0. The average molecular weight is 772 g/mol. The highest BCUT2D eigenvalue weighted by Gasteiger charge is 2.41. The number of nitrogens with zero attached hydrogens (tertiary/aromatic N) is 3. The molecule has 0 amide bonds. The fraction of sp³-hybridized carbons (Fsp3) is 0. The minimum atomic E-state index is -2.61. The molecule has 3 nitrogen and oxygen atoms in total. The summed E-state index contributed by atoms with van der Waals surface area (Å²) in [5.41, 5.74) is 9.20. The van der Waals surface area contributed by atoms with Crippen LogP contribution >= 0.6 is 0 Å². The molecule has 0 unspecified atom stereocenters. The number of benzene rings is 9. The van der Waals surface area contributed by atoms with E-state index in [1.54, 1.807) is 0 Å². The lowest BCUT2D eigenvalue weighted by atomic mass is 10.0. The fourth-order valence-electron chi connectivity index (χ4n) is 8.26. The molecule has 0 aliphatic rings. The van der Waals surface area contributed by atoms with Crippen molar-refractivity contribution < 1.29 is 0 Å². The molecule has 0 radical (unpaired) electrons. The quantitative estimate of drug-likeness (QED) is 0.0737. The largest absolute Gasteiger partial charge is 0.311 e. The van der Waals surface area contributed by atoms with E-state index in [2.05, 4.69) is 227 Å². The predicted molar refractivity (Wildman–Crippen MR) is 251 cm³/mol. The highest BCUT2D eigenvalue weighted by molar-refractivity contribution is 7.19. The van der Waals surface area contributed by atoms with E-state index < -0.39 is 8.07 Å². The zero-order valence-corrected chi connectivity index (χ0v) is 33.5. The molecule has 0 N–H and O–H groups in total. The Morgan fingerprint density at radius 3 is 0.864 bits per heavy atom. The van der Waals surface area contributed by atoms with Gasteiger partial charge in [0, 0.05) is 34.1 Å². The summed E-state index contributed by atoms with van der Waals surface area (Å²) >= 11 is 0. The molecule has 280 valence electrons. The van der Waals surface area contributed by atoms with Crippen molar-refractivity contribution in [3.8, 4) is 11.1 Å². The van der Waals surface area contributed by atoms with Gasteiger partial charge >= 0.3 is 0 Å². The molecular weight excluding hydrogens is 731 g/mol. The molecule has 9 aromatic rings. The van der Waals surface area contributed by atoms with Gasteiger partial charge in [0.25, 0.3) is 0 Å². The summed E-state index contributed by atoms with van der Waals surface area (Å²) in [6.45, 7) is 7.55. The highest BCUT2D eigenvalue weighted by atomic mass is 28.3. The lowest BCUT2D eigenvalue weighted by molar-refractivity contribution is 1.26. The molecule has 0 aliphatic heterocycles. The Labute approximate surface area is 348 Å². The maximum absolute atomic E-state index is 7.55. The van der Waals surface area contributed by atoms with Gasteiger partial charge in [0.15, 0.2) is 13.8 Å². The summed E-state index contributed by atoms with van der Waals surface area (Å²) in [5, 5.41) is 5.43. The van der Waals surface area contributed by atoms with Crippen LogP contribution in [-0.2, 0) is 0 Å². The van der Waals surface area contributed by atoms with Crippen molar-refractivity contribution in [2.24, 2.45) is 0 Å². The maximum atomic E-state index is 7.55. The van der Waals surface area contributed by atoms with Gasteiger partial charge in [-0.2, -0.15) is 0 Å². The summed E-state index contributed by atoms with van der Waals surface area (Å²) in [6.07, 6.45) is 0. The van der Waals surface area contributed by atoms with Gasteiger partial charge in [-0.3, -0.25) is 0 Å². The Balaban J connectivity index is 1.08. The standard InChI is InChI=1S/C55H41N3Si/c1-56-45-31-35-49(36-32-45)58(51-39-37-50(38-40-51)57(46-17-7-2-8-18-46)47-19-9-3-10-20-47)48-33-27-43(28-34-48)44-29-41-55(42-30-44)59(52-21-11-4-12-22-52,53-23-13-5-14-24-53)54-25-15-6-16-26-54/h2-42H. The molecule has 9 aromatic carbocycles. The molecule has 0 saturated carbocycles. The molecule has 59 heavy (non-hydrogen) atoms. The van der Waals surface area contributed by atoms with E-state index in [4.69, 9.17) is 6.57 Å². The van der Waals surface area contributed by atoms with Crippen molar-refractivity contribution in [1.82, 2.24) is 0 Å². The molecule has 0 fully saturated rings. The first-order valence-corrected chi connectivity index (χ1v) is 21.9. The van der Waals surface area contributed by atoms with E-state index in [-0.39, 0.29) is 0 Å². The average Bonchev–Trinajstić information content (AvgIpc) is 3.32. The van der Waals surface area contributed by atoms with Crippen LogP contribution in [0, 0.1) is 6.57 Å². The fourth-order valence-corrected chi connectivity index (χ4v) is 13.0. The number of anilines is 6. The predicted octanol–water partition coefficient (Wildman–Crippen LogP) is 12.2. The zero-order valence-electron chi connectivity index (χ0n) is 32.5. The van der Waals surface area contributed by atoms with Gasteiger partial charge < -0.3 is 9.80 Å². The third kappa shape index (κ3) is 7.35. The van der Waals surface area contributed by atoms with Crippen molar-refractivity contribution >= 4 is 68.6 Å². The van der Waals surface area contributed by atoms with Crippen LogP contribution in [0.1, 0.15) is 0 Å². The summed E-state index contributed by atoms with van der Waals surface area (Å²) in [7, 11) is -2.61. The Morgan fingerprint density at radius 2 is 0.525 bits per heavy atom. The summed E-state index contributed by atoms with van der Waals surface area (Å²) < 4.78 is 0. The molecule has 4 heteroatoms. The van der Waals surface area contributed by atoms with Crippen molar-refractivity contribution in [3.05, 3.63) is 260 Å². The smallest absolute Gasteiger partial charge is 0.187 e. The van der Waals surface area contributed by atoms with Crippen LogP contribution in [0.25, 0.3) is 16.0 Å². The normalized spacial score (nSPS) is 11.0. The minimum absolute atomic E-state index is 0.614. The van der Waals surface area contributed by atoms with E-state index in [0.29, 0.717) is 5.69 Å². The first kappa shape index (κ1) is 36.9. The van der Waals surface area contributed by atoms with E-state index in [1.165, 1.54) is 20.7 Å². The third-order valence-electron chi connectivity index (χ3n) is 11.0. The van der Waals surface area contributed by atoms with Crippen LogP contribution in [0.5, 0.6) is 0 Å². The number of rotatable bonds is 11. The number of para-hydroxylation sites is 2. The van der Waals surface area contributed by atoms with Crippen LogP contribution in [0.3, 0.4) is 0 Å². The van der Waals surface area contributed by atoms with Crippen LogP contribution in [0.15, 0.2) is 249 Å². The SMILES string of the molecule is [C-]#[N+]c1ccc(N(c2ccc(-c3ccc([Si](c4ccccc4)(c4ccccc4)c4ccccc4)cc3)cc2)c2ccc(N(c3ccccc3)c3ccccc3)cc2)cc1. The summed E-state index contributed by atoms with van der Waals surface area (Å²) in [6, 6.07) is 88.6. The van der Waals surface area contributed by atoms with Crippen LogP contribution in [0.2, 0.25) is 0 Å². The Kier molecular flexibility index (Phi) is 10.5. The monoisotopic (exact) mass is 771 g/mol. The lowest BCUT2D eigenvalue weighted by Gasteiger charge is -2.34. The van der Waals surface area contributed by atoms with Gasteiger partial charge in [0.2, 0.25) is 0 Å². The van der Waals surface area contributed by atoms with Gasteiger partial charge in [-0.05, 0) is 105 Å². The highest BCUT2D eigenvalue weighted by Crippen LogP contribution is 2.40. The molecule has 0 spiro atoms. The Morgan fingerprint density at radius 1 is 0.271 bits per heavy atom. The number of hydrogen-bond donors (Lipinski definition) is 0. The molecule has 0 saturated heterocycles. The second kappa shape index (κ2) is 16.8. The first-order chi connectivity index (χ1) is 29.2. The van der Waals surface area contributed by atoms with E-state index >= 15 is 0 Å². The van der Waals surface area contributed by atoms with Crippen LogP contribution < -0.4 is 30.5 Å². The lowest BCUT2D eigenvalue weighted by Crippen LogP contribution is -2.74. The van der Waals surface area contributed by atoms with Crippen LogP contribution in [-0.4, -0.2) is 8.07 Å². The van der Waals surface area contributed by atoms with Crippen molar-refractivity contribution in [2.75, 3.05) is 9.80 Å². The van der Waals surface area contributed by atoms with Crippen LogP contribution in [0.4, 0.5) is 39.8 Å². The third-order valence-corrected chi connectivity index (χ3v) is 15.8. The van der Waals surface area contributed by atoms with E-state index in [9.17, 15) is 0 Å². The van der Waals surface area contributed by atoms with Gasteiger partial charge in [0.1, 0.15) is 0 Å². The molecular formula is C55H41N3Si. The molecule has 0 heterocycles. The Hall–Kier alpha value is -7.71. The molecule has 0 aliphatic carbocycles. The molecule has 9 rings (SSSR count). The van der Waals surface area contributed by atoms with E-state index in [1.807, 2.05) is 36.4 Å². The number of hydrogen-bond acceptors (Lipinski definition) is 2. The second-order valence-electron chi connectivity index (χ2n) is 14.5. The van der Waals surface area contributed by atoms with Gasteiger partial charge in [-0.15, -0.1) is 0 Å². The van der Waals surface area contributed by atoms with Crippen molar-refractivity contribution in [3.63, 3.8) is 0 Å². The minimum Gasteiger partial charge on any atom is -0.311 e. The molecule has 0 aromatic heterocycles. The Bertz CT molecular complexity index is 2630. The van der Waals surface area contributed by atoms with Crippen molar-refractivity contribution in [1.29, 1.82) is 0 Å². The molecule has 0 atom stereocenters. The second-order valence-corrected chi connectivity index (χ2v) is 18.3. The van der Waals surface area contributed by atoms with Gasteiger partial charge in [-0.1, -0.05) is 176 Å². The van der Waals surface area contributed by atoms with Gasteiger partial charge in [0.05, 0.1) is 6.57 Å². The zero-order chi connectivity index (χ0) is 39.9. The van der Waals surface area contributed by atoms with Gasteiger partial charge in [-0.25, -0.2) is 4.85 Å². The summed E-state index contributed by atoms with van der Waals surface area (Å²) in [4.78, 5) is 8.17. The van der Waals surface area contributed by atoms with E-state index in [0.717, 1.165) is 45.3 Å². The molecule has 0 bridgehead atoms. The van der Waals surface area contributed by atoms with Crippen molar-refractivity contribution in [2.45, 2.75) is 0 Å².